The van der Waals surface area contributed by atoms with Crippen LogP contribution in [0.4, 0.5) is 0 Å². The Bertz CT molecular complexity index is 281. The number of rotatable bonds is 5. The maximum atomic E-state index is 12.1. The minimum absolute atomic E-state index is 0.0290. The fourth-order valence-corrected chi connectivity index (χ4v) is 2.07. The van der Waals surface area contributed by atoms with Gasteiger partial charge in [0.05, 0.1) is 6.61 Å². The zero-order chi connectivity index (χ0) is 12.8. The number of methoxy groups -OCH3 is 1. The molecular formula is C12H22N2O3. The second-order valence-electron chi connectivity index (χ2n) is 4.62. The molecule has 17 heavy (non-hydrogen) atoms. The number of amides is 2. The zero-order valence-corrected chi connectivity index (χ0v) is 10.9. The Hall–Kier alpha value is -1.10. The molecule has 1 heterocycles. The van der Waals surface area contributed by atoms with Crippen LogP contribution >= 0.6 is 0 Å². The highest BCUT2D eigenvalue weighted by Gasteiger charge is 2.28. The van der Waals surface area contributed by atoms with Gasteiger partial charge in [-0.15, -0.1) is 0 Å². The van der Waals surface area contributed by atoms with Gasteiger partial charge in [0, 0.05) is 26.6 Å². The molecule has 1 N–H and O–H groups in total. The van der Waals surface area contributed by atoms with Gasteiger partial charge in [0.15, 0.2) is 0 Å². The largest absolute Gasteiger partial charge is 0.384 e. The maximum absolute atomic E-state index is 12.1. The van der Waals surface area contributed by atoms with E-state index >= 15 is 0 Å². The van der Waals surface area contributed by atoms with E-state index in [0.29, 0.717) is 32.5 Å². The van der Waals surface area contributed by atoms with E-state index in [-0.39, 0.29) is 23.8 Å². The molecule has 1 aliphatic heterocycles. The number of hydrogen-bond acceptors (Lipinski definition) is 3. The highest BCUT2D eigenvalue weighted by atomic mass is 16.5. The summed E-state index contributed by atoms with van der Waals surface area (Å²) in [5.41, 5.74) is 0. The quantitative estimate of drug-likeness (QED) is 0.759. The van der Waals surface area contributed by atoms with Gasteiger partial charge < -0.3 is 15.0 Å². The van der Waals surface area contributed by atoms with Crippen molar-refractivity contribution in [3.8, 4) is 0 Å². The smallest absolute Gasteiger partial charge is 0.245 e. The summed E-state index contributed by atoms with van der Waals surface area (Å²) in [5.74, 6) is 0.281. The number of nitrogens with zero attached hydrogens (tertiary/aromatic N) is 1. The van der Waals surface area contributed by atoms with Crippen LogP contribution in [0.1, 0.15) is 26.7 Å². The summed E-state index contributed by atoms with van der Waals surface area (Å²) >= 11 is 0. The summed E-state index contributed by atoms with van der Waals surface area (Å²) in [4.78, 5) is 25.3. The standard InChI is InChI=1S/C12H22N2O3/c1-4-10-12(16)14(6-5-11(15)13-10)7-9(2)8-17-3/h9-10H,4-8H2,1-3H3,(H,13,15). The zero-order valence-electron chi connectivity index (χ0n) is 10.9. The van der Waals surface area contributed by atoms with E-state index in [9.17, 15) is 9.59 Å². The molecule has 2 amide bonds. The topological polar surface area (TPSA) is 58.6 Å². The third kappa shape index (κ3) is 4.00. The molecular weight excluding hydrogens is 220 g/mol. The Balaban J connectivity index is 2.63. The predicted molar refractivity (Wildman–Crippen MR) is 64.5 cm³/mol. The van der Waals surface area contributed by atoms with Crippen LogP contribution in [0.15, 0.2) is 0 Å². The Morgan fingerprint density at radius 1 is 1.53 bits per heavy atom. The van der Waals surface area contributed by atoms with Crippen molar-refractivity contribution in [2.45, 2.75) is 32.7 Å². The summed E-state index contributed by atoms with van der Waals surface area (Å²) < 4.78 is 5.07. The first-order chi connectivity index (χ1) is 8.08. The third-order valence-electron chi connectivity index (χ3n) is 2.95. The number of ether oxygens (including phenoxy) is 1. The van der Waals surface area contributed by atoms with Crippen molar-refractivity contribution in [3.05, 3.63) is 0 Å². The lowest BCUT2D eigenvalue weighted by atomic mass is 10.1. The van der Waals surface area contributed by atoms with Crippen LogP contribution in [0, 0.1) is 5.92 Å². The van der Waals surface area contributed by atoms with Gasteiger partial charge in [0.2, 0.25) is 11.8 Å². The second-order valence-corrected chi connectivity index (χ2v) is 4.62. The van der Waals surface area contributed by atoms with E-state index in [1.165, 1.54) is 0 Å². The van der Waals surface area contributed by atoms with E-state index in [1.807, 2.05) is 13.8 Å². The van der Waals surface area contributed by atoms with Crippen LogP contribution < -0.4 is 5.32 Å². The average Bonchev–Trinajstić information content (AvgIpc) is 2.42. The Kier molecular flexibility index (Phi) is 5.41. The molecule has 2 unspecified atom stereocenters. The summed E-state index contributed by atoms with van der Waals surface area (Å²) in [6.45, 7) is 5.73. The minimum atomic E-state index is -0.361. The van der Waals surface area contributed by atoms with E-state index in [2.05, 4.69) is 5.32 Å². The fourth-order valence-electron chi connectivity index (χ4n) is 2.07. The Morgan fingerprint density at radius 2 is 2.24 bits per heavy atom. The van der Waals surface area contributed by atoms with Gasteiger partial charge in [0.1, 0.15) is 6.04 Å². The molecule has 98 valence electrons. The van der Waals surface area contributed by atoms with Gasteiger partial charge in [-0.25, -0.2) is 0 Å². The second kappa shape index (κ2) is 6.59. The molecule has 1 saturated heterocycles. The van der Waals surface area contributed by atoms with Crippen LogP contribution in [0.3, 0.4) is 0 Å². The average molecular weight is 242 g/mol. The van der Waals surface area contributed by atoms with Crippen molar-refractivity contribution in [3.63, 3.8) is 0 Å². The Labute approximate surface area is 102 Å². The first-order valence-electron chi connectivity index (χ1n) is 6.15. The summed E-state index contributed by atoms with van der Waals surface area (Å²) in [6, 6.07) is -0.361. The van der Waals surface area contributed by atoms with E-state index in [0.717, 1.165) is 0 Å². The predicted octanol–water partition coefficient (Wildman–Crippen LogP) is 0.396. The Morgan fingerprint density at radius 3 is 2.82 bits per heavy atom. The molecule has 1 aliphatic rings. The van der Waals surface area contributed by atoms with E-state index in [4.69, 9.17) is 4.74 Å². The van der Waals surface area contributed by atoms with Crippen molar-refractivity contribution < 1.29 is 14.3 Å². The molecule has 0 radical (unpaired) electrons. The van der Waals surface area contributed by atoms with Crippen LogP contribution in [0.2, 0.25) is 0 Å². The molecule has 5 nitrogen and oxygen atoms in total. The van der Waals surface area contributed by atoms with Crippen LogP contribution in [0.25, 0.3) is 0 Å². The molecule has 0 spiro atoms. The van der Waals surface area contributed by atoms with Crippen molar-refractivity contribution in [2.75, 3.05) is 26.8 Å². The van der Waals surface area contributed by atoms with Crippen molar-refractivity contribution in [1.82, 2.24) is 10.2 Å². The molecule has 0 aliphatic carbocycles. The molecule has 0 saturated carbocycles. The van der Waals surface area contributed by atoms with E-state index in [1.54, 1.807) is 12.0 Å². The van der Waals surface area contributed by atoms with Crippen LogP contribution in [-0.4, -0.2) is 49.6 Å². The van der Waals surface area contributed by atoms with Crippen LogP contribution in [-0.2, 0) is 14.3 Å². The van der Waals surface area contributed by atoms with Crippen molar-refractivity contribution in [1.29, 1.82) is 0 Å². The molecule has 5 heteroatoms. The van der Waals surface area contributed by atoms with Gasteiger partial charge in [0.25, 0.3) is 0 Å². The lowest BCUT2D eigenvalue weighted by Gasteiger charge is -2.26. The van der Waals surface area contributed by atoms with Gasteiger partial charge in [-0.05, 0) is 12.3 Å². The maximum Gasteiger partial charge on any atom is 0.245 e. The van der Waals surface area contributed by atoms with Crippen molar-refractivity contribution in [2.24, 2.45) is 5.92 Å². The van der Waals surface area contributed by atoms with Gasteiger partial charge >= 0.3 is 0 Å². The lowest BCUT2D eigenvalue weighted by molar-refractivity contribution is -0.134. The molecule has 1 rings (SSSR count). The molecule has 0 aromatic heterocycles. The minimum Gasteiger partial charge on any atom is -0.384 e. The van der Waals surface area contributed by atoms with Crippen LogP contribution in [0.5, 0.6) is 0 Å². The van der Waals surface area contributed by atoms with Gasteiger partial charge in [-0.2, -0.15) is 0 Å². The summed E-state index contributed by atoms with van der Waals surface area (Å²) in [7, 11) is 1.65. The molecule has 0 aromatic carbocycles. The SMILES string of the molecule is CCC1NC(=O)CCN(CC(C)COC)C1=O. The van der Waals surface area contributed by atoms with Crippen molar-refractivity contribution >= 4 is 11.8 Å². The number of carbonyl (C=O) groups excluding carboxylic acids is 2. The molecule has 0 aromatic rings. The molecule has 2 atom stereocenters. The number of nitrogens with one attached hydrogen (secondary N) is 1. The van der Waals surface area contributed by atoms with E-state index < -0.39 is 0 Å². The number of hydrogen-bond donors (Lipinski definition) is 1. The van der Waals surface area contributed by atoms with Gasteiger partial charge in [-0.1, -0.05) is 13.8 Å². The summed E-state index contributed by atoms with van der Waals surface area (Å²) in [5, 5.41) is 2.75. The fraction of sp³-hybridized carbons (Fsp3) is 0.833. The number of carbonyl (C=O) groups is 2. The normalized spacial score (nSPS) is 23.2. The molecule has 1 fully saturated rings. The summed E-state index contributed by atoms with van der Waals surface area (Å²) in [6.07, 6.45) is 1.03. The van der Waals surface area contributed by atoms with Gasteiger partial charge in [-0.3, -0.25) is 9.59 Å². The highest BCUT2D eigenvalue weighted by Crippen LogP contribution is 2.09. The lowest BCUT2D eigenvalue weighted by Crippen LogP contribution is -2.45. The molecule has 0 bridgehead atoms. The highest BCUT2D eigenvalue weighted by molar-refractivity contribution is 5.89. The first-order valence-corrected chi connectivity index (χ1v) is 6.15. The first kappa shape index (κ1) is 14.0. The third-order valence-corrected chi connectivity index (χ3v) is 2.95. The monoisotopic (exact) mass is 242 g/mol.